The van der Waals surface area contributed by atoms with Gasteiger partial charge in [-0.3, -0.25) is 4.79 Å². The Kier molecular flexibility index (Phi) is 4.83. The molecule has 1 aromatic rings. The molecular formula is C14H18ClFN2O2. The van der Waals surface area contributed by atoms with Crippen molar-refractivity contribution in [2.24, 2.45) is 5.92 Å². The fourth-order valence-corrected chi connectivity index (χ4v) is 2.25. The van der Waals surface area contributed by atoms with E-state index in [-0.39, 0.29) is 24.1 Å². The number of nitrogens with zero attached hydrogens (tertiary/aromatic N) is 1. The van der Waals surface area contributed by atoms with Gasteiger partial charge in [-0.1, -0.05) is 0 Å². The quantitative estimate of drug-likeness (QED) is 0.924. The minimum atomic E-state index is -0.347. The van der Waals surface area contributed by atoms with Crippen LogP contribution in [-0.2, 0) is 4.79 Å². The second-order valence-electron chi connectivity index (χ2n) is 5.08. The number of hydrogen-bond acceptors (Lipinski definition) is 3. The van der Waals surface area contributed by atoms with Crippen molar-refractivity contribution < 1.29 is 13.9 Å². The van der Waals surface area contributed by atoms with Crippen molar-refractivity contribution in [2.45, 2.75) is 12.8 Å². The first-order valence-corrected chi connectivity index (χ1v) is 6.67. The Balaban J connectivity index is 0.00000147. The van der Waals surface area contributed by atoms with Crippen LogP contribution in [0.2, 0.25) is 0 Å². The van der Waals surface area contributed by atoms with Crippen molar-refractivity contribution in [3.63, 3.8) is 0 Å². The Hall–Kier alpha value is -1.33. The van der Waals surface area contributed by atoms with Gasteiger partial charge in [-0.25, -0.2) is 4.39 Å². The number of nitrogens with one attached hydrogen (secondary N) is 1. The molecule has 0 atom stereocenters. The number of halogens is 2. The van der Waals surface area contributed by atoms with E-state index in [1.165, 1.54) is 25.0 Å². The highest BCUT2D eigenvalue weighted by molar-refractivity contribution is 5.96. The Morgan fingerprint density at radius 2 is 2.25 bits per heavy atom. The van der Waals surface area contributed by atoms with Crippen LogP contribution in [0.5, 0.6) is 5.75 Å². The van der Waals surface area contributed by atoms with Crippen LogP contribution in [0.3, 0.4) is 0 Å². The first-order valence-electron chi connectivity index (χ1n) is 6.67. The number of fused-ring (bicyclic) bond motifs is 1. The standard InChI is InChI=1S/C14H17FN2O2.ClH/c15-11-3-4-12-13(7-11)19-6-5-17(12)14(18)9-16-8-10-1-2-10;/h3-4,7,10,16H,1-2,5-6,8-9H2;1H. The summed E-state index contributed by atoms with van der Waals surface area (Å²) in [5.74, 6) is 0.859. The maximum atomic E-state index is 13.1. The van der Waals surface area contributed by atoms with Gasteiger partial charge in [-0.05, 0) is 37.4 Å². The van der Waals surface area contributed by atoms with E-state index in [1.807, 2.05) is 0 Å². The third-order valence-electron chi connectivity index (χ3n) is 3.49. The highest BCUT2D eigenvalue weighted by Gasteiger charge is 2.25. The van der Waals surface area contributed by atoms with Gasteiger partial charge in [0.25, 0.3) is 0 Å². The van der Waals surface area contributed by atoms with Gasteiger partial charge < -0.3 is 15.0 Å². The number of ether oxygens (including phenoxy) is 1. The van der Waals surface area contributed by atoms with Crippen molar-refractivity contribution in [3.05, 3.63) is 24.0 Å². The smallest absolute Gasteiger partial charge is 0.241 e. The molecule has 0 unspecified atom stereocenters. The molecular weight excluding hydrogens is 283 g/mol. The molecule has 0 spiro atoms. The van der Waals surface area contributed by atoms with Crippen LogP contribution in [0.4, 0.5) is 10.1 Å². The van der Waals surface area contributed by atoms with Gasteiger partial charge in [0.15, 0.2) is 0 Å². The monoisotopic (exact) mass is 300 g/mol. The molecule has 1 heterocycles. The zero-order chi connectivity index (χ0) is 13.2. The highest BCUT2D eigenvalue weighted by atomic mass is 35.5. The zero-order valence-electron chi connectivity index (χ0n) is 11.1. The Morgan fingerprint density at radius 1 is 1.45 bits per heavy atom. The molecule has 1 amide bonds. The average Bonchev–Trinajstić information content (AvgIpc) is 3.21. The number of carbonyl (C=O) groups excluding carboxylic acids is 1. The lowest BCUT2D eigenvalue weighted by atomic mass is 10.2. The molecule has 0 bridgehead atoms. The van der Waals surface area contributed by atoms with Crippen molar-refractivity contribution in [1.82, 2.24) is 5.32 Å². The van der Waals surface area contributed by atoms with E-state index in [1.54, 1.807) is 11.0 Å². The van der Waals surface area contributed by atoms with Gasteiger partial charge in [0.05, 0.1) is 18.8 Å². The molecule has 1 aliphatic carbocycles. The van der Waals surface area contributed by atoms with Gasteiger partial charge in [0.1, 0.15) is 18.2 Å². The number of rotatable bonds is 4. The van der Waals surface area contributed by atoms with Gasteiger partial charge >= 0.3 is 0 Å². The maximum Gasteiger partial charge on any atom is 0.241 e. The number of carbonyl (C=O) groups is 1. The molecule has 0 aromatic heterocycles. The lowest BCUT2D eigenvalue weighted by Gasteiger charge is -2.29. The Morgan fingerprint density at radius 3 is 3.00 bits per heavy atom. The number of anilines is 1. The lowest BCUT2D eigenvalue weighted by molar-refractivity contribution is -0.118. The minimum absolute atomic E-state index is 0. The van der Waals surface area contributed by atoms with E-state index in [0.717, 1.165) is 12.5 Å². The van der Waals surface area contributed by atoms with Crippen LogP contribution in [0.15, 0.2) is 18.2 Å². The zero-order valence-corrected chi connectivity index (χ0v) is 11.9. The van der Waals surface area contributed by atoms with E-state index >= 15 is 0 Å². The summed E-state index contributed by atoms with van der Waals surface area (Å²) in [6.07, 6.45) is 2.53. The summed E-state index contributed by atoms with van der Waals surface area (Å²) in [6.45, 7) is 2.16. The SMILES string of the molecule is Cl.O=C(CNCC1CC1)N1CCOc2cc(F)ccc21. The Bertz CT molecular complexity index is 494. The molecule has 20 heavy (non-hydrogen) atoms. The van der Waals surface area contributed by atoms with Crippen LogP contribution in [0, 0.1) is 11.7 Å². The van der Waals surface area contributed by atoms with Gasteiger partial charge in [0.2, 0.25) is 5.91 Å². The fraction of sp³-hybridized carbons (Fsp3) is 0.500. The summed E-state index contributed by atoms with van der Waals surface area (Å²) in [6, 6.07) is 4.28. The molecule has 2 aliphatic rings. The minimum Gasteiger partial charge on any atom is -0.489 e. The summed E-state index contributed by atoms with van der Waals surface area (Å²) in [5.41, 5.74) is 0.658. The molecule has 4 nitrogen and oxygen atoms in total. The fourth-order valence-electron chi connectivity index (χ4n) is 2.25. The van der Waals surface area contributed by atoms with Crippen molar-refractivity contribution in [2.75, 3.05) is 31.1 Å². The second-order valence-corrected chi connectivity index (χ2v) is 5.08. The Labute approximate surface area is 123 Å². The van der Waals surface area contributed by atoms with E-state index < -0.39 is 0 Å². The first-order chi connectivity index (χ1) is 9.24. The second kappa shape index (κ2) is 6.41. The average molecular weight is 301 g/mol. The molecule has 1 saturated carbocycles. The topological polar surface area (TPSA) is 41.6 Å². The predicted molar refractivity (Wildman–Crippen MR) is 77.1 cm³/mol. The summed E-state index contributed by atoms with van der Waals surface area (Å²) in [7, 11) is 0. The number of hydrogen-bond donors (Lipinski definition) is 1. The summed E-state index contributed by atoms with van der Waals surface area (Å²) < 4.78 is 18.5. The van der Waals surface area contributed by atoms with Crippen molar-refractivity contribution >= 4 is 24.0 Å². The molecule has 0 saturated heterocycles. The van der Waals surface area contributed by atoms with Crippen molar-refractivity contribution in [1.29, 1.82) is 0 Å². The van der Waals surface area contributed by atoms with Crippen molar-refractivity contribution in [3.8, 4) is 5.75 Å². The number of benzene rings is 1. The summed E-state index contributed by atoms with van der Waals surface area (Å²) in [4.78, 5) is 13.8. The van der Waals surface area contributed by atoms with Crippen LogP contribution < -0.4 is 15.0 Å². The van der Waals surface area contributed by atoms with Gasteiger partial charge in [-0.15, -0.1) is 12.4 Å². The van der Waals surface area contributed by atoms with Crippen LogP contribution in [0.1, 0.15) is 12.8 Å². The molecule has 6 heteroatoms. The molecule has 1 N–H and O–H groups in total. The molecule has 0 radical (unpaired) electrons. The van der Waals surface area contributed by atoms with Crippen LogP contribution >= 0.6 is 12.4 Å². The highest BCUT2D eigenvalue weighted by Crippen LogP contribution is 2.32. The van der Waals surface area contributed by atoms with E-state index in [4.69, 9.17) is 4.74 Å². The van der Waals surface area contributed by atoms with E-state index in [9.17, 15) is 9.18 Å². The van der Waals surface area contributed by atoms with Crippen LogP contribution in [0.25, 0.3) is 0 Å². The third-order valence-corrected chi connectivity index (χ3v) is 3.49. The summed E-state index contributed by atoms with van der Waals surface area (Å²) in [5, 5.41) is 3.18. The van der Waals surface area contributed by atoms with E-state index in [2.05, 4.69) is 5.32 Å². The first kappa shape index (κ1) is 15.1. The third kappa shape index (κ3) is 3.41. The van der Waals surface area contributed by atoms with Gasteiger partial charge in [-0.2, -0.15) is 0 Å². The largest absolute Gasteiger partial charge is 0.489 e. The number of amides is 1. The molecule has 1 fully saturated rings. The van der Waals surface area contributed by atoms with E-state index in [0.29, 0.717) is 31.1 Å². The summed E-state index contributed by atoms with van der Waals surface area (Å²) >= 11 is 0. The van der Waals surface area contributed by atoms with Crippen LogP contribution in [-0.4, -0.2) is 32.1 Å². The maximum absolute atomic E-state index is 13.1. The normalized spacial score (nSPS) is 16.9. The lowest BCUT2D eigenvalue weighted by Crippen LogP contribution is -2.43. The molecule has 110 valence electrons. The predicted octanol–water partition coefficient (Wildman–Crippen LogP) is 1.97. The molecule has 1 aliphatic heterocycles. The van der Waals surface area contributed by atoms with Gasteiger partial charge in [0, 0.05) is 6.07 Å². The molecule has 1 aromatic carbocycles. The molecule has 3 rings (SSSR count).